The van der Waals surface area contributed by atoms with Crippen LogP contribution in [0, 0.1) is 11.7 Å². The molecule has 1 saturated carbocycles. The lowest BCUT2D eigenvalue weighted by molar-refractivity contribution is 0.177. The number of benzene rings is 2. The van der Waals surface area contributed by atoms with Crippen LogP contribution in [-0.4, -0.2) is 64.2 Å². The van der Waals surface area contributed by atoms with E-state index in [4.69, 9.17) is 28.8 Å². The van der Waals surface area contributed by atoms with Crippen molar-refractivity contribution in [2.45, 2.75) is 76.8 Å². The third-order valence-electron chi connectivity index (χ3n) is 9.38. The summed E-state index contributed by atoms with van der Waals surface area (Å²) in [4.78, 5) is 27.2. The maximum absolute atomic E-state index is 15.3. The van der Waals surface area contributed by atoms with Gasteiger partial charge in [-0.25, -0.2) is 9.18 Å². The molecule has 5 rings (SSSR count). The predicted molar refractivity (Wildman–Crippen MR) is 196 cm³/mol. The Morgan fingerprint density at radius 2 is 1.90 bits per heavy atom. The third-order valence-corrected chi connectivity index (χ3v) is 9.66. The van der Waals surface area contributed by atoms with E-state index in [1.807, 2.05) is 30.3 Å². The molecule has 0 amide bonds. The Kier molecular flexibility index (Phi) is 13.0. The van der Waals surface area contributed by atoms with Gasteiger partial charge in [-0.15, -0.1) is 0 Å². The van der Waals surface area contributed by atoms with Crippen LogP contribution in [0.2, 0.25) is 5.02 Å². The zero-order chi connectivity index (χ0) is 34.9. The number of rotatable bonds is 19. The topological polar surface area (TPSA) is 144 Å². The lowest BCUT2D eigenvalue weighted by Gasteiger charge is -2.32. The first-order valence-electron chi connectivity index (χ1n) is 17.5. The van der Waals surface area contributed by atoms with E-state index in [1.165, 1.54) is 17.4 Å². The van der Waals surface area contributed by atoms with Gasteiger partial charge >= 0.3 is 5.69 Å². The number of aliphatic imine (C=N–C) groups is 1. The van der Waals surface area contributed by atoms with E-state index in [0.717, 1.165) is 56.2 Å². The van der Waals surface area contributed by atoms with Gasteiger partial charge in [0.05, 0.1) is 29.6 Å². The van der Waals surface area contributed by atoms with E-state index in [9.17, 15) is 9.18 Å². The summed E-state index contributed by atoms with van der Waals surface area (Å²) in [5, 5.41) is 0.717. The molecule has 0 saturated heterocycles. The van der Waals surface area contributed by atoms with Gasteiger partial charge in [0.25, 0.3) is 0 Å². The summed E-state index contributed by atoms with van der Waals surface area (Å²) in [5.41, 5.74) is 21.0. The van der Waals surface area contributed by atoms with Crippen LogP contribution < -0.4 is 22.9 Å². The molecule has 2 atom stereocenters. The number of alkyl halides is 1. The van der Waals surface area contributed by atoms with Gasteiger partial charge in [-0.1, -0.05) is 37.1 Å². The molecule has 2 aromatic heterocycles. The van der Waals surface area contributed by atoms with Crippen molar-refractivity contribution >= 4 is 28.5 Å². The highest BCUT2D eigenvalue weighted by molar-refractivity contribution is 6.31. The zero-order valence-electron chi connectivity index (χ0n) is 28.3. The SMILES string of the molecule is CCCC(c1ccc(-n2cc3cc(-c4cc(CCCC(N)C5CC5)cc(Cl)c4F)[nH]c3nc2=O)cc1)N(CCCF)CCCN=C(N)CN. The fourth-order valence-corrected chi connectivity index (χ4v) is 6.79. The van der Waals surface area contributed by atoms with Crippen LogP contribution in [-0.2, 0) is 6.42 Å². The normalized spacial score (nSPS) is 15.0. The van der Waals surface area contributed by atoms with E-state index >= 15 is 4.39 Å². The fourth-order valence-electron chi connectivity index (χ4n) is 6.55. The lowest BCUT2D eigenvalue weighted by Crippen LogP contribution is -2.32. The lowest BCUT2D eigenvalue weighted by atomic mass is 9.99. The molecule has 49 heavy (non-hydrogen) atoms. The number of nitrogens with one attached hydrogen (secondary N) is 1. The van der Waals surface area contributed by atoms with Crippen LogP contribution >= 0.6 is 11.6 Å². The number of amidine groups is 1. The van der Waals surface area contributed by atoms with Crippen molar-refractivity contribution in [1.29, 1.82) is 0 Å². The number of H-pyrrole nitrogens is 1. The molecule has 2 aromatic carbocycles. The quantitative estimate of drug-likeness (QED) is 0.0505. The second-order valence-electron chi connectivity index (χ2n) is 13.1. The van der Waals surface area contributed by atoms with Gasteiger partial charge in [0.1, 0.15) is 11.5 Å². The summed E-state index contributed by atoms with van der Waals surface area (Å²) < 4.78 is 30.0. The summed E-state index contributed by atoms with van der Waals surface area (Å²) >= 11 is 6.33. The molecule has 7 N–H and O–H groups in total. The smallest absolute Gasteiger partial charge is 0.354 e. The monoisotopic (exact) mass is 694 g/mol. The summed E-state index contributed by atoms with van der Waals surface area (Å²) in [7, 11) is 0. The van der Waals surface area contributed by atoms with E-state index in [2.05, 4.69) is 26.8 Å². The first-order chi connectivity index (χ1) is 23.7. The molecule has 0 bridgehead atoms. The molecule has 0 radical (unpaired) electrons. The number of hydrogen-bond acceptors (Lipinski definition) is 6. The summed E-state index contributed by atoms with van der Waals surface area (Å²) in [6.07, 6.45) is 9.79. The molecule has 2 unspecified atom stereocenters. The number of hydrogen-bond donors (Lipinski definition) is 4. The molecule has 1 aliphatic carbocycles. The highest BCUT2D eigenvalue weighted by Crippen LogP contribution is 2.35. The minimum absolute atomic E-state index is 0.0553. The van der Waals surface area contributed by atoms with Gasteiger partial charge in [-0.05, 0) is 98.7 Å². The molecule has 0 spiro atoms. The largest absolute Gasteiger partial charge is 0.386 e. The number of nitrogens with two attached hydrogens (primary N) is 3. The van der Waals surface area contributed by atoms with Crippen molar-refractivity contribution in [3.63, 3.8) is 0 Å². The summed E-state index contributed by atoms with van der Waals surface area (Å²) in [6, 6.07) is 13.4. The second kappa shape index (κ2) is 17.3. The highest BCUT2D eigenvalue weighted by Gasteiger charge is 2.28. The highest BCUT2D eigenvalue weighted by atomic mass is 35.5. The molecular weight excluding hydrogens is 646 g/mol. The first kappa shape index (κ1) is 36.6. The molecule has 12 heteroatoms. The minimum atomic E-state index is -0.521. The average Bonchev–Trinajstić information content (AvgIpc) is 3.88. The minimum Gasteiger partial charge on any atom is -0.386 e. The zero-order valence-corrected chi connectivity index (χ0v) is 29.1. The molecule has 9 nitrogen and oxygen atoms in total. The van der Waals surface area contributed by atoms with Gasteiger partial charge < -0.3 is 22.2 Å². The predicted octanol–water partition coefficient (Wildman–Crippen LogP) is 6.44. The van der Waals surface area contributed by atoms with Crippen molar-refractivity contribution in [3.8, 4) is 16.9 Å². The van der Waals surface area contributed by atoms with Gasteiger partial charge in [0.15, 0.2) is 5.82 Å². The Labute approximate surface area is 291 Å². The van der Waals surface area contributed by atoms with E-state index in [0.29, 0.717) is 59.2 Å². The molecule has 2 heterocycles. The Balaban J connectivity index is 1.35. The van der Waals surface area contributed by atoms with Gasteiger partial charge in [0, 0.05) is 48.9 Å². The maximum atomic E-state index is 15.3. The summed E-state index contributed by atoms with van der Waals surface area (Å²) in [5.74, 6) is 0.548. The van der Waals surface area contributed by atoms with E-state index < -0.39 is 11.5 Å². The molecule has 1 fully saturated rings. The van der Waals surface area contributed by atoms with Crippen molar-refractivity contribution in [2.75, 3.05) is 32.9 Å². The van der Waals surface area contributed by atoms with Gasteiger partial charge in [0.2, 0.25) is 0 Å². The molecule has 4 aromatic rings. The van der Waals surface area contributed by atoms with Crippen LogP contribution in [0.15, 0.2) is 58.4 Å². The van der Waals surface area contributed by atoms with Crippen molar-refractivity contribution in [3.05, 3.63) is 81.1 Å². The molecular formula is C37H49ClF2N8O. The number of aryl methyl sites for hydroxylation is 1. The van der Waals surface area contributed by atoms with Crippen molar-refractivity contribution in [2.24, 2.45) is 28.1 Å². The van der Waals surface area contributed by atoms with Gasteiger partial charge in [-0.3, -0.25) is 18.8 Å². The van der Waals surface area contributed by atoms with Crippen LogP contribution in [0.25, 0.3) is 28.0 Å². The molecule has 0 aliphatic heterocycles. The fraction of sp³-hybridized carbons (Fsp3) is 0.486. The first-order valence-corrected chi connectivity index (χ1v) is 17.9. The van der Waals surface area contributed by atoms with E-state index in [1.54, 1.807) is 18.3 Å². The number of halogens is 3. The number of aromatic amines is 1. The Hall–Kier alpha value is -3.64. The van der Waals surface area contributed by atoms with Crippen molar-refractivity contribution < 1.29 is 8.78 Å². The number of nitrogens with zero attached hydrogens (tertiary/aromatic N) is 4. The summed E-state index contributed by atoms with van der Waals surface area (Å²) in [6.45, 7) is 3.91. The van der Waals surface area contributed by atoms with Crippen LogP contribution in [0.1, 0.15) is 75.5 Å². The molecule has 1 aliphatic rings. The Morgan fingerprint density at radius 1 is 1.14 bits per heavy atom. The standard InChI is InChI=1S/C37H49ClF2N8O/c1-2-6-33(47(17-4-15-39)18-5-16-44-34(43)22-41)26-11-13-28(14-12-26)48-23-27-21-32(45-36(27)46-37(48)49)29-19-24(20-30(38)35(29)40)7-3-8-31(42)25-9-10-25/h11-14,19-21,23,25,31,33H,2-10,15-18,22,41-42H2,1H3,(H2,43,44)(H,45,46,49). The third kappa shape index (κ3) is 9.54. The number of fused-ring (bicyclic) bond motifs is 1. The van der Waals surface area contributed by atoms with Crippen LogP contribution in [0.5, 0.6) is 0 Å². The Morgan fingerprint density at radius 3 is 2.59 bits per heavy atom. The van der Waals surface area contributed by atoms with Crippen molar-refractivity contribution in [1.82, 2.24) is 19.4 Å². The van der Waals surface area contributed by atoms with Gasteiger partial charge in [-0.2, -0.15) is 4.98 Å². The van der Waals surface area contributed by atoms with E-state index in [-0.39, 0.29) is 30.3 Å². The Bertz CT molecular complexity index is 1770. The molecule has 264 valence electrons. The van der Waals surface area contributed by atoms with Crippen LogP contribution in [0.3, 0.4) is 0 Å². The number of aromatic nitrogens is 3. The maximum Gasteiger partial charge on any atom is 0.354 e. The average molecular weight is 695 g/mol. The van der Waals surface area contributed by atoms with Crippen LogP contribution in [0.4, 0.5) is 8.78 Å². The second-order valence-corrected chi connectivity index (χ2v) is 13.5.